The van der Waals surface area contributed by atoms with Crippen LogP contribution in [0.4, 0.5) is 0 Å². The second kappa shape index (κ2) is 38.8. The van der Waals surface area contributed by atoms with Gasteiger partial charge < -0.3 is 4.90 Å². The monoisotopic (exact) mass is 624 g/mol. The third-order valence-corrected chi connectivity index (χ3v) is 8.98. The van der Waals surface area contributed by atoms with E-state index in [4.69, 9.17) is 0 Å². The maximum atomic E-state index is 4.43. The maximum Gasteiger partial charge on any atom is 0.00185 e. The molecule has 1 heteroatoms. The number of hydrogen-bond acceptors (Lipinski definition) is 1. The zero-order valence-electron chi connectivity index (χ0n) is 31.2. The van der Waals surface area contributed by atoms with E-state index < -0.39 is 0 Å². The summed E-state index contributed by atoms with van der Waals surface area (Å²) in [5, 5.41) is 0. The van der Waals surface area contributed by atoms with Crippen molar-refractivity contribution >= 4 is 0 Å². The molecule has 0 amide bonds. The molecule has 45 heavy (non-hydrogen) atoms. The minimum Gasteiger partial charge on any atom is -0.303 e. The first-order chi connectivity index (χ1) is 22.2. The highest BCUT2D eigenvalue weighted by atomic mass is 15.1. The second-order valence-electron chi connectivity index (χ2n) is 13.6. The van der Waals surface area contributed by atoms with Gasteiger partial charge in [0.2, 0.25) is 0 Å². The Balaban J connectivity index is 3.59. The lowest BCUT2D eigenvalue weighted by Crippen LogP contribution is -2.27. The van der Waals surface area contributed by atoms with Gasteiger partial charge in [-0.15, -0.1) is 0 Å². The van der Waals surface area contributed by atoms with Gasteiger partial charge in [0.1, 0.15) is 0 Å². The summed E-state index contributed by atoms with van der Waals surface area (Å²) in [5.74, 6) is 0. The summed E-state index contributed by atoms with van der Waals surface area (Å²) in [5.41, 5.74) is 1.48. The summed E-state index contributed by atoms with van der Waals surface area (Å²) in [7, 11) is 0. The van der Waals surface area contributed by atoms with Gasteiger partial charge in [0.15, 0.2) is 0 Å². The third kappa shape index (κ3) is 37.0. The number of unbranched alkanes of at least 4 members (excludes halogenated alkanes) is 19. The molecule has 0 fully saturated rings. The fourth-order valence-electron chi connectivity index (χ4n) is 5.96. The molecule has 0 aromatic rings. The molecule has 0 aromatic carbocycles. The normalized spacial score (nSPS) is 12.4. The predicted molar refractivity (Wildman–Crippen MR) is 208 cm³/mol. The Labute approximate surface area is 285 Å². The number of allylic oxidation sites excluding steroid dienone is 8. The van der Waals surface area contributed by atoms with E-state index in [-0.39, 0.29) is 0 Å². The van der Waals surface area contributed by atoms with Crippen LogP contribution in [0.3, 0.4) is 0 Å². The van der Waals surface area contributed by atoms with Gasteiger partial charge in [0.05, 0.1) is 0 Å². The largest absolute Gasteiger partial charge is 0.303 e. The van der Waals surface area contributed by atoms with Crippen LogP contribution in [0.2, 0.25) is 0 Å². The van der Waals surface area contributed by atoms with Gasteiger partial charge in [-0.05, 0) is 109 Å². The van der Waals surface area contributed by atoms with Crippen molar-refractivity contribution in [2.24, 2.45) is 0 Å². The first kappa shape index (κ1) is 43.7. The van der Waals surface area contributed by atoms with E-state index in [1.54, 1.807) is 0 Å². The summed E-state index contributed by atoms with van der Waals surface area (Å²) in [6, 6.07) is 0. The summed E-state index contributed by atoms with van der Waals surface area (Å²) < 4.78 is 0. The highest BCUT2D eigenvalue weighted by molar-refractivity contribution is 4.95. The van der Waals surface area contributed by atoms with Crippen LogP contribution < -0.4 is 0 Å². The molecule has 0 radical (unpaired) electrons. The fourth-order valence-corrected chi connectivity index (χ4v) is 5.96. The molecule has 0 aromatic heterocycles. The zero-order chi connectivity index (χ0) is 32.7. The molecule has 0 heterocycles. The Kier molecular flexibility index (Phi) is 37.7. The molecule has 262 valence electrons. The van der Waals surface area contributed by atoms with Crippen LogP contribution in [0.5, 0.6) is 0 Å². The fraction of sp³-hybridized carbons (Fsp3) is 0.773. The number of nitrogens with zero attached hydrogens (tertiary/aromatic N) is 1. The Morgan fingerprint density at radius 3 is 1.22 bits per heavy atom. The third-order valence-electron chi connectivity index (χ3n) is 8.98. The molecular formula is C44H81N. The minimum absolute atomic E-state index is 1.12. The molecule has 0 bridgehead atoms. The van der Waals surface area contributed by atoms with Gasteiger partial charge >= 0.3 is 0 Å². The first-order valence-corrected chi connectivity index (χ1v) is 20.2. The number of hydrogen-bond donors (Lipinski definition) is 0. The Hall–Kier alpha value is -1.34. The molecule has 1 nitrogen and oxygen atoms in total. The van der Waals surface area contributed by atoms with Gasteiger partial charge in [-0.2, -0.15) is 0 Å². The van der Waals surface area contributed by atoms with Crippen LogP contribution in [0.25, 0.3) is 0 Å². The van der Waals surface area contributed by atoms with Gasteiger partial charge in [-0.25, -0.2) is 0 Å². The standard InChI is InChI=1S/C44H81N/c1-5-8-10-12-14-16-18-20-22-24-25-27-29-31-33-35-37-39-44(4)40-43-45(41-7-3)42-38-36-34-32-30-28-26-23-21-19-17-15-13-11-9-6-2/h14-17,20-23H,4-13,18-19,24-43H2,1-3H3/b16-14-,17-15-,22-20-,23-21-. The topological polar surface area (TPSA) is 3.24 Å². The lowest BCUT2D eigenvalue weighted by molar-refractivity contribution is 0.269. The minimum atomic E-state index is 1.12. The Bertz CT molecular complexity index is 696. The van der Waals surface area contributed by atoms with E-state index in [1.807, 2.05) is 0 Å². The zero-order valence-corrected chi connectivity index (χ0v) is 31.2. The van der Waals surface area contributed by atoms with Crippen LogP contribution in [0.1, 0.15) is 201 Å². The van der Waals surface area contributed by atoms with Crippen LogP contribution in [-0.2, 0) is 0 Å². The molecule has 0 N–H and O–H groups in total. The van der Waals surface area contributed by atoms with Crippen molar-refractivity contribution in [3.8, 4) is 0 Å². The van der Waals surface area contributed by atoms with Gasteiger partial charge in [0.25, 0.3) is 0 Å². The van der Waals surface area contributed by atoms with E-state index >= 15 is 0 Å². The summed E-state index contributed by atoms with van der Waals surface area (Å²) in [6.07, 6.45) is 55.9. The van der Waals surface area contributed by atoms with Crippen LogP contribution in [-0.4, -0.2) is 24.5 Å². The summed E-state index contributed by atoms with van der Waals surface area (Å²) >= 11 is 0. The lowest BCUT2D eigenvalue weighted by atomic mass is 10.0. The molecular weight excluding hydrogens is 542 g/mol. The van der Waals surface area contributed by atoms with E-state index in [9.17, 15) is 0 Å². The molecule has 0 atom stereocenters. The highest BCUT2D eigenvalue weighted by Gasteiger charge is 2.05. The van der Waals surface area contributed by atoms with Gasteiger partial charge in [-0.3, -0.25) is 0 Å². The number of rotatable bonds is 36. The molecule has 0 saturated carbocycles. The Morgan fingerprint density at radius 2 is 0.778 bits per heavy atom. The van der Waals surface area contributed by atoms with E-state index in [0.717, 1.165) is 12.8 Å². The van der Waals surface area contributed by atoms with Gasteiger partial charge in [-0.1, -0.05) is 165 Å². The molecule has 0 spiro atoms. The lowest BCUT2D eigenvalue weighted by Gasteiger charge is -2.22. The van der Waals surface area contributed by atoms with Crippen molar-refractivity contribution in [3.05, 3.63) is 60.8 Å². The van der Waals surface area contributed by atoms with E-state index in [2.05, 4.69) is 80.9 Å². The molecule has 0 aliphatic heterocycles. The molecule has 0 aliphatic rings. The quantitative estimate of drug-likeness (QED) is 0.0496. The molecule has 0 aliphatic carbocycles. The molecule has 0 unspecified atom stereocenters. The predicted octanol–water partition coefficient (Wildman–Crippen LogP) is 15.1. The Morgan fingerprint density at radius 1 is 0.378 bits per heavy atom. The average molecular weight is 624 g/mol. The first-order valence-electron chi connectivity index (χ1n) is 20.2. The average Bonchev–Trinajstić information content (AvgIpc) is 3.04. The van der Waals surface area contributed by atoms with Crippen molar-refractivity contribution in [3.63, 3.8) is 0 Å². The highest BCUT2D eigenvalue weighted by Crippen LogP contribution is 2.15. The van der Waals surface area contributed by atoms with Gasteiger partial charge in [0, 0.05) is 6.54 Å². The van der Waals surface area contributed by atoms with E-state index in [1.165, 1.54) is 192 Å². The van der Waals surface area contributed by atoms with Crippen molar-refractivity contribution in [1.82, 2.24) is 4.90 Å². The SMILES string of the molecule is C=C(CCCCCCCCC/C=C\C/C=C\CCCCC)CCN(CCC)CCCCCCCC/C=C\C/C=C\CCCCC. The smallest absolute Gasteiger partial charge is 0.00185 e. The summed E-state index contributed by atoms with van der Waals surface area (Å²) in [6.45, 7) is 15.0. The van der Waals surface area contributed by atoms with Crippen LogP contribution in [0.15, 0.2) is 60.8 Å². The van der Waals surface area contributed by atoms with Crippen molar-refractivity contribution in [1.29, 1.82) is 0 Å². The molecule has 0 saturated heterocycles. The second-order valence-corrected chi connectivity index (χ2v) is 13.6. The van der Waals surface area contributed by atoms with Crippen molar-refractivity contribution in [2.45, 2.75) is 201 Å². The summed E-state index contributed by atoms with van der Waals surface area (Å²) in [4.78, 5) is 2.70. The van der Waals surface area contributed by atoms with Crippen molar-refractivity contribution < 1.29 is 0 Å². The van der Waals surface area contributed by atoms with E-state index in [0.29, 0.717) is 0 Å². The molecule has 0 rings (SSSR count). The van der Waals surface area contributed by atoms with Crippen LogP contribution in [0, 0.1) is 0 Å². The maximum absolute atomic E-state index is 4.43. The van der Waals surface area contributed by atoms with Crippen LogP contribution >= 0.6 is 0 Å². The van der Waals surface area contributed by atoms with Crippen molar-refractivity contribution in [2.75, 3.05) is 19.6 Å².